The number of carbonyl (C=O) groups excluding carboxylic acids is 1. The van der Waals surface area contributed by atoms with Crippen molar-refractivity contribution in [2.75, 3.05) is 7.11 Å². The van der Waals surface area contributed by atoms with Crippen LogP contribution in [-0.4, -0.2) is 19.1 Å². The van der Waals surface area contributed by atoms with Gasteiger partial charge < -0.3 is 10.1 Å². The third kappa shape index (κ3) is 3.30. The second kappa shape index (κ2) is 6.42. The minimum absolute atomic E-state index is 0.00447. The molecule has 0 bridgehead atoms. The number of ether oxygens (including phenoxy) is 1. The molecule has 1 amide bonds. The minimum Gasteiger partial charge on any atom is -0.496 e. The molecule has 1 aromatic carbocycles. The molecular formula is C15H20BrNO2. The molecular weight excluding hydrogens is 306 g/mol. The Bertz CT molecular complexity index is 467. The van der Waals surface area contributed by atoms with Gasteiger partial charge >= 0.3 is 0 Å². The molecule has 0 saturated heterocycles. The van der Waals surface area contributed by atoms with E-state index in [1.165, 1.54) is 19.3 Å². The molecule has 1 aliphatic carbocycles. The Hall–Kier alpha value is -1.03. The summed E-state index contributed by atoms with van der Waals surface area (Å²) < 4.78 is 6.10. The first-order valence-electron chi connectivity index (χ1n) is 6.77. The molecule has 0 atom stereocenters. The summed E-state index contributed by atoms with van der Waals surface area (Å²) in [7, 11) is 1.62. The van der Waals surface area contributed by atoms with Gasteiger partial charge in [0, 0.05) is 16.1 Å². The maximum atomic E-state index is 12.4. The lowest BCUT2D eigenvalue weighted by Crippen LogP contribution is -2.36. The predicted octanol–water partition coefficient (Wildman–Crippen LogP) is 3.83. The Morgan fingerprint density at radius 1 is 1.32 bits per heavy atom. The van der Waals surface area contributed by atoms with Gasteiger partial charge in [-0.1, -0.05) is 19.3 Å². The normalized spacial score (nSPS) is 16.2. The fourth-order valence-corrected chi connectivity index (χ4v) is 3.27. The zero-order valence-corrected chi connectivity index (χ0v) is 13.0. The maximum absolute atomic E-state index is 12.4. The Kier molecular flexibility index (Phi) is 4.86. The molecule has 0 heterocycles. The monoisotopic (exact) mass is 325 g/mol. The van der Waals surface area contributed by atoms with Crippen molar-refractivity contribution in [3.8, 4) is 5.75 Å². The van der Waals surface area contributed by atoms with Crippen LogP contribution in [0.2, 0.25) is 0 Å². The highest BCUT2D eigenvalue weighted by Gasteiger charge is 2.20. The number of benzene rings is 1. The fraction of sp³-hybridized carbons (Fsp3) is 0.533. The maximum Gasteiger partial charge on any atom is 0.253 e. The van der Waals surface area contributed by atoms with Gasteiger partial charge in [-0.15, -0.1) is 0 Å². The van der Waals surface area contributed by atoms with E-state index in [1.807, 2.05) is 19.1 Å². The Morgan fingerprint density at radius 3 is 2.63 bits per heavy atom. The van der Waals surface area contributed by atoms with E-state index >= 15 is 0 Å². The van der Waals surface area contributed by atoms with Gasteiger partial charge in [0.05, 0.1) is 12.7 Å². The van der Waals surface area contributed by atoms with Gasteiger partial charge in [0.2, 0.25) is 0 Å². The number of methoxy groups -OCH3 is 1. The van der Waals surface area contributed by atoms with Gasteiger partial charge in [0.15, 0.2) is 0 Å². The average Bonchev–Trinajstić information content (AvgIpc) is 2.40. The summed E-state index contributed by atoms with van der Waals surface area (Å²) in [6.07, 6.45) is 5.89. The molecule has 1 aromatic rings. The molecule has 0 spiro atoms. The minimum atomic E-state index is -0.00447. The lowest BCUT2D eigenvalue weighted by atomic mass is 9.95. The Labute approximate surface area is 122 Å². The highest BCUT2D eigenvalue weighted by Crippen LogP contribution is 2.28. The summed E-state index contributed by atoms with van der Waals surface area (Å²) >= 11 is 3.46. The van der Waals surface area contributed by atoms with E-state index in [-0.39, 0.29) is 5.91 Å². The molecule has 4 heteroatoms. The highest BCUT2D eigenvalue weighted by atomic mass is 79.9. The van der Waals surface area contributed by atoms with Crippen molar-refractivity contribution in [3.63, 3.8) is 0 Å². The first kappa shape index (κ1) is 14.4. The fourth-order valence-electron chi connectivity index (χ4n) is 2.66. The van der Waals surface area contributed by atoms with Gasteiger partial charge in [0.25, 0.3) is 5.91 Å². The molecule has 1 fully saturated rings. The molecule has 0 unspecified atom stereocenters. The lowest BCUT2D eigenvalue weighted by molar-refractivity contribution is 0.0926. The quantitative estimate of drug-likeness (QED) is 0.917. The number of rotatable bonds is 3. The zero-order chi connectivity index (χ0) is 13.8. The Balaban J connectivity index is 2.18. The molecule has 0 aromatic heterocycles. The van der Waals surface area contributed by atoms with Crippen molar-refractivity contribution < 1.29 is 9.53 Å². The number of carbonyl (C=O) groups is 1. The Morgan fingerprint density at radius 2 is 2.00 bits per heavy atom. The van der Waals surface area contributed by atoms with Crippen LogP contribution in [-0.2, 0) is 0 Å². The number of amides is 1. The van der Waals surface area contributed by atoms with Crippen molar-refractivity contribution in [1.29, 1.82) is 0 Å². The van der Waals surface area contributed by atoms with E-state index in [4.69, 9.17) is 4.74 Å². The average molecular weight is 326 g/mol. The molecule has 0 aliphatic heterocycles. The largest absolute Gasteiger partial charge is 0.496 e. The number of halogens is 1. The molecule has 1 aliphatic rings. The standard InChI is InChI=1S/C15H20BrNO2/c1-10-13(19-2)9-8-12(16)14(10)15(18)17-11-6-4-3-5-7-11/h8-9,11H,3-7H2,1-2H3,(H,17,18). The number of hydrogen-bond acceptors (Lipinski definition) is 2. The summed E-state index contributed by atoms with van der Waals surface area (Å²) in [4.78, 5) is 12.4. The van der Waals surface area contributed by atoms with Crippen LogP contribution in [0.5, 0.6) is 5.75 Å². The van der Waals surface area contributed by atoms with Gasteiger partial charge in [-0.2, -0.15) is 0 Å². The summed E-state index contributed by atoms with van der Waals surface area (Å²) in [6, 6.07) is 4.05. The first-order valence-corrected chi connectivity index (χ1v) is 7.56. The van der Waals surface area contributed by atoms with Crippen LogP contribution in [0.1, 0.15) is 48.0 Å². The zero-order valence-electron chi connectivity index (χ0n) is 11.5. The summed E-state index contributed by atoms with van der Waals surface area (Å²) in [5.41, 5.74) is 1.56. The molecule has 19 heavy (non-hydrogen) atoms. The number of nitrogens with one attached hydrogen (secondary N) is 1. The smallest absolute Gasteiger partial charge is 0.253 e. The van der Waals surface area contributed by atoms with Crippen molar-refractivity contribution in [3.05, 3.63) is 27.7 Å². The third-order valence-corrected chi connectivity index (χ3v) is 4.41. The molecule has 104 valence electrons. The SMILES string of the molecule is COc1ccc(Br)c(C(=O)NC2CCCCC2)c1C. The van der Waals surface area contributed by atoms with Gasteiger partial charge in [-0.25, -0.2) is 0 Å². The second-order valence-corrected chi connectivity index (χ2v) is 5.91. The van der Waals surface area contributed by atoms with Crippen molar-refractivity contribution >= 4 is 21.8 Å². The van der Waals surface area contributed by atoms with Crippen LogP contribution in [0.4, 0.5) is 0 Å². The van der Waals surface area contributed by atoms with E-state index in [0.29, 0.717) is 11.6 Å². The molecule has 1 saturated carbocycles. The molecule has 1 N–H and O–H groups in total. The molecule has 2 rings (SSSR count). The number of hydrogen-bond donors (Lipinski definition) is 1. The first-order chi connectivity index (χ1) is 9.13. The van der Waals surface area contributed by atoms with E-state index in [0.717, 1.165) is 28.6 Å². The van der Waals surface area contributed by atoms with Gasteiger partial charge in [-0.05, 0) is 47.8 Å². The van der Waals surface area contributed by atoms with Crippen LogP contribution in [0.3, 0.4) is 0 Å². The van der Waals surface area contributed by atoms with Crippen molar-refractivity contribution in [1.82, 2.24) is 5.32 Å². The van der Waals surface area contributed by atoms with Crippen LogP contribution in [0.25, 0.3) is 0 Å². The van der Waals surface area contributed by atoms with Crippen molar-refractivity contribution in [2.45, 2.75) is 45.1 Å². The van der Waals surface area contributed by atoms with Crippen molar-refractivity contribution in [2.24, 2.45) is 0 Å². The summed E-state index contributed by atoms with van der Waals surface area (Å²) in [6.45, 7) is 1.92. The van der Waals surface area contributed by atoms with Crippen LogP contribution >= 0.6 is 15.9 Å². The second-order valence-electron chi connectivity index (χ2n) is 5.06. The van der Waals surface area contributed by atoms with Gasteiger partial charge in [0.1, 0.15) is 5.75 Å². The highest BCUT2D eigenvalue weighted by molar-refractivity contribution is 9.10. The lowest BCUT2D eigenvalue weighted by Gasteiger charge is -2.23. The van der Waals surface area contributed by atoms with Gasteiger partial charge in [-0.3, -0.25) is 4.79 Å². The van der Waals surface area contributed by atoms with Crippen LogP contribution in [0, 0.1) is 6.92 Å². The van der Waals surface area contributed by atoms with Crippen LogP contribution < -0.4 is 10.1 Å². The predicted molar refractivity (Wildman–Crippen MR) is 79.8 cm³/mol. The summed E-state index contributed by atoms with van der Waals surface area (Å²) in [5.74, 6) is 0.743. The van der Waals surface area contributed by atoms with Crippen LogP contribution in [0.15, 0.2) is 16.6 Å². The van der Waals surface area contributed by atoms with E-state index in [2.05, 4.69) is 21.2 Å². The summed E-state index contributed by atoms with van der Waals surface area (Å²) in [5, 5.41) is 3.14. The molecule has 3 nitrogen and oxygen atoms in total. The van der Waals surface area contributed by atoms with E-state index < -0.39 is 0 Å². The van der Waals surface area contributed by atoms with E-state index in [9.17, 15) is 4.79 Å². The van der Waals surface area contributed by atoms with E-state index in [1.54, 1.807) is 7.11 Å². The molecule has 0 radical (unpaired) electrons. The topological polar surface area (TPSA) is 38.3 Å². The third-order valence-electron chi connectivity index (χ3n) is 3.75.